The molecule has 2 aromatic carbocycles. The van der Waals surface area contributed by atoms with E-state index in [9.17, 15) is 9.59 Å². The molecule has 2 aromatic rings. The van der Waals surface area contributed by atoms with E-state index in [1.807, 2.05) is 0 Å². The number of esters is 2. The van der Waals surface area contributed by atoms with Gasteiger partial charge in [0.2, 0.25) is 0 Å². The van der Waals surface area contributed by atoms with Gasteiger partial charge in [0.05, 0.1) is 5.56 Å². The summed E-state index contributed by atoms with van der Waals surface area (Å²) in [6.45, 7) is 3.15. The van der Waals surface area contributed by atoms with Gasteiger partial charge in [-0.3, -0.25) is 0 Å². The molecule has 0 saturated heterocycles. The molecule has 1 aliphatic rings. The number of carbonyl (C=O) groups excluding carboxylic acids is 2. The smallest absolute Gasteiger partial charge is 0.353 e. The van der Waals surface area contributed by atoms with Crippen molar-refractivity contribution in [1.82, 2.24) is 0 Å². The van der Waals surface area contributed by atoms with Gasteiger partial charge in [0.25, 0.3) is 6.29 Å². The molecule has 0 aliphatic carbocycles. The third kappa shape index (κ3) is 3.21. The summed E-state index contributed by atoms with van der Waals surface area (Å²) in [6, 6.07) is 13.4. The molecular weight excluding hydrogens is 332 g/mol. The second kappa shape index (κ2) is 6.17. The highest BCUT2D eigenvalue weighted by Gasteiger charge is 2.39. The molecule has 0 spiro atoms. The van der Waals surface area contributed by atoms with E-state index in [4.69, 9.17) is 25.8 Å². The first kappa shape index (κ1) is 16.3. The van der Waals surface area contributed by atoms with Crippen molar-refractivity contribution < 1.29 is 23.8 Å². The molecule has 0 aromatic heterocycles. The molecule has 24 heavy (non-hydrogen) atoms. The molecule has 5 nitrogen and oxygen atoms in total. The van der Waals surface area contributed by atoms with E-state index >= 15 is 0 Å². The van der Waals surface area contributed by atoms with Crippen molar-refractivity contribution in [2.45, 2.75) is 25.7 Å². The van der Waals surface area contributed by atoms with Crippen LogP contribution < -0.4 is 4.74 Å². The van der Waals surface area contributed by atoms with E-state index in [0.29, 0.717) is 21.9 Å². The number of carbonyl (C=O) groups is 2. The number of cyclic esters (lactones) is 1. The van der Waals surface area contributed by atoms with Gasteiger partial charge in [-0.15, -0.1) is 0 Å². The lowest BCUT2D eigenvalue weighted by Gasteiger charge is -2.25. The molecule has 1 atom stereocenters. The zero-order valence-electron chi connectivity index (χ0n) is 13.1. The van der Waals surface area contributed by atoms with Crippen molar-refractivity contribution in [3.05, 3.63) is 64.7 Å². The average molecular weight is 347 g/mol. The highest BCUT2D eigenvalue weighted by Crippen LogP contribution is 2.33. The summed E-state index contributed by atoms with van der Waals surface area (Å²) in [7, 11) is 0. The van der Waals surface area contributed by atoms with Crippen LogP contribution in [-0.2, 0) is 14.3 Å². The molecule has 0 fully saturated rings. The molecule has 1 heterocycles. The van der Waals surface area contributed by atoms with Crippen LogP contribution in [0.2, 0.25) is 5.02 Å². The number of halogens is 1. The molecule has 124 valence electrons. The fourth-order valence-electron chi connectivity index (χ4n) is 2.28. The van der Waals surface area contributed by atoms with E-state index in [1.54, 1.807) is 62.4 Å². The van der Waals surface area contributed by atoms with Crippen molar-refractivity contribution in [3.8, 4) is 5.75 Å². The molecule has 3 rings (SSSR count). The first-order valence-corrected chi connectivity index (χ1v) is 7.70. The molecule has 0 radical (unpaired) electrons. The predicted molar refractivity (Wildman–Crippen MR) is 86.8 cm³/mol. The zero-order valence-corrected chi connectivity index (χ0v) is 13.9. The van der Waals surface area contributed by atoms with Gasteiger partial charge in [-0.25, -0.2) is 9.59 Å². The summed E-state index contributed by atoms with van der Waals surface area (Å²) in [5, 5.41) is 0.567. The Morgan fingerprint density at radius 2 is 1.79 bits per heavy atom. The maximum Gasteiger partial charge on any atom is 0.353 e. The monoisotopic (exact) mass is 346 g/mol. The minimum atomic E-state index is -1.27. The molecule has 0 bridgehead atoms. The van der Waals surface area contributed by atoms with Crippen LogP contribution in [0.1, 0.15) is 36.1 Å². The molecule has 1 aliphatic heterocycles. The van der Waals surface area contributed by atoms with Crippen molar-refractivity contribution in [2.24, 2.45) is 0 Å². The number of rotatable bonds is 4. The first-order valence-electron chi connectivity index (χ1n) is 7.32. The standard InChI is InChI=1S/C18H15ClO5/c1-18(2,24-12-9-7-11(19)8-10-12)17(21)23-16-14-6-4-3-5-13(14)15(20)22-16/h3-10,16H,1-2H3. The highest BCUT2D eigenvalue weighted by molar-refractivity contribution is 6.30. The first-order chi connectivity index (χ1) is 11.4. The summed E-state index contributed by atoms with van der Waals surface area (Å²) in [5.74, 6) is -0.683. The van der Waals surface area contributed by atoms with Gasteiger partial charge < -0.3 is 14.2 Å². The third-order valence-corrected chi connectivity index (χ3v) is 3.79. The number of ether oxygens (including phenoxy) is 3. The lowest BCUT2D eigenvalue weighted by Crippen LogP contribution is -2.40. The van der Waals surface area contributed by atoms with Gasteiger partial charge >= 0.3 is 11.9 Å². The minimum Gasteiger partial charge on any atom is -0.476 e. The Balaban J connectivity index is 1.72. The highest BCUT2D eigenvalue weighted by atomic mass is 35.5. The van der Waals surface area contributed by atoms with Gasteiger partial charge in [-0.1, -0.05) is 29.8 Å². The summed E-state index contributed by atoms with van der Waals surface area (Å²) in [6.07, 6.45) is -1.06. The normalized spacial score (nSPS) is 16.3. The Morgan fingerprint density at radius 1 is 1.12 bits per heavy atom. The molecular formula is C18H15ClO5. The molecule has 6 heteroatoms. The Kier molecular flexibility index (Phi) is 4.20. The van der Waals surface area contributed by atoms with Gasteiger partial charge in [0.1, 0.15) is 5.75 Å². The van der Waals surface area contributed by atoms with Crippen LogP contribution in [0.4, 0.5) is 0 Å². The summed E-state index contributed by atoms with van der Waals surface area (Å²) < 4.78 is 16.1. The average Bonchev–Trinajstić information content (AvgIpc) is 2.86. The number of hydrogen-bond donors (Lipinski definition) is 0. The summed E-state index contributed by atoms with van der Waals surface area (Å²) >= 11 is 5.82. The topological polar surface area (TPSA) is 61.8 Å². The lowest BCUT2D eigenvalue weighted by atomic mass is 10.1. The Bertz CT molecular complexity index is 782. The van der Waals surface area contributed by atoms with Gasteiger partial charge in [-0.2, -0.15) is 0 Å². The van der Waals surface area contributed by atoms with E-state index < -0.39 is 23.8 Å². The van der Waals surface area contributed by atoms with Crippen LogP contribution >= 0.6 is 11.6 Å². The van der Waals surface area contributed by atoms with Gasteiger partial charge in [0.15, 0.2) is 5.60 Å². The van der Waals surface area contributed by atoms with E-state index in [-0.39, 0.29) is 0 Å². The number of benzene rings is 2. The van der Waals surface area contributed by atoms with Crippen LogP contribution in [0, 0.1) is 0 Å². The van der Waals surface area contributed by atoms with Crippen molar-refractivity contribution in [3.63, 3.8) is 0 Å². The Labute approximate surface area is 144 Å². The van der Waals surface area contributed by atoms with Crippen LogP contribution in [0.3, 0.4) is 0 Å². The molecule has 1 unspecified atom stereocenters. The summed E-state index contributed by atoms with van der Waals surface area (Å²) in [4.78, 5) is 24.2. The molecule has 0 amide bonds. The Morgan fingerprint density at radius 3 is 2.50 bits per heavy atom. The van der Waals surface area contributed by atoms with Gasteiger partial charge in [0, 0.05) is 10.6 Å². The summed E-state index contributed by atoms with van der Waals surface area (Å²) in [5.41, 5.74) is -0.345. The van der Waals surface area contributed by atoms with Crippen LogP contribution in [0.15, 0.2) is 48.5 Å². The molecule has 0 N–H and O–H groups in total. The van der Waals surface area contributed by atoms with Crippen molar-refractivity contribution in [1.29, 1.82) is 0 Å². The third-order valence-electron chi connectivity index (χ3n) is 3.54. The maximum absolute atomic E-state index is 12.4. The largest absolute Gasteiger partial charge is 0.476 e. The lowest BCUT2D eigenvalue weighted by molar-refractivity contribution is -0.183. The van der Waals surface area contributed by atoms with Gasteiger partial charge in [-0.05, 0) is 44.2 Å². The maximum atomic E-state index is 12.4. The minimum absolute atomic E-state index is 0.395. The van der Waals surface area contributed by atoms with Crippen LogP contribution in [-0.4, -0.2) is 17.5 Å². The van der Waals surface area contributed by atoms with Crippen LogP contribution in [0.25, 0.3) is 0 Å². The number of fused-ring (bicyclic) bond motifs is 1. The van der Waals surface area contributed by atoms with Crippen molar-refractivity contribution in [2.75, 3.05) is 0 Å². The predicted octanol–water partition coefficient (Wildman–Crippen LogP) is 3.91. The molecule has 0 saturated carbocycles. The fraction of sp³-hybridized carbons (Fsp3) is 0.222. The second-order valence-corrected chi connectivity index (χ2v) is 6.23. The van der Waals surface area contributed by atoms with E-state index in [1.165, 1.54) is 0 Å². The zero-order chi connectivity index (χ0) is 17.3. The van der Waals surface area contributed by atoms with Crippen LogP contribution in [0.5, 0.6) is 5.75 Å². The quantitative estimate of drug-likeness (QED) is 0.785. The number of hydrogen-bond acceptors (Lipinski definition) is 5. The second-order valence-electron chi connectivity index (χ2n) is 5.80. The van der Waals surface area contributed by atoms with E-state index in [2.05, 4.69) is 0 Å². The van der Waals surface area contributed by atoms with Crippen molar-refractivity contribution >= 4 is 23.5 Å². The van der Waals surface area contributed by atoms with E-state index in [0.717, 1.165) is 0 Å². The fourth-order valence-corrected chi connectivity index (χ4v) is 2.40. The Hall–Kier alpha value is -2.53. The SMILES string of the molecule is CC(C)(Oc1ccc(Cl)cc1)C(=O)OC1OC(=O)c2ccccc21.